The van der Waals surface area contributed by atoms with Crippen molar-refractivity contribution in [3.63, 3.8) is 0 Å². The highest BCUT2D eigenvalue weighted by Gasteiger charge is 2.47. The molecule has 35 heavy (non-hydrogen) atoms. The lowest BCUT2D eigenvalue weighted by atomic mass is 9.78. The van der Waals surface area contributed by atoms with Crippen LogP contribution in [-0.2, 0) is 11.2 Å². The fraction of sp³-hybridized carbons (Fsp3) is 0.464. The van der Waals surface area contributed by atoms with E-state index >= 15 is 0 Å². The molecule has 0 bridgehead atoms. The number of benzene rings is 2. The maximum atomic E-state index is 13.2. The summed E-state index contributed by atoms with van der Waals surface area (Å²) >= 11 is 0. The van der Waals surface area contributed by atoms with E-state index in [0.717, 1.165) is 48.0 Å². The third-order valence-corrected chi connectivity index (χ3v) is 7.39. The highest BCUT2D eigenvalue weighted by Crippen LogP contribution is 2.40. The molecule has 2 aromatic rings. The number of ether oxygens (including phenoxy) is 2. The summed E-state index contributed by atoms with van der Waals surface area (Å²) in [5, 5.41) is 6.97. The molecular weight excluding hydrogens is 442 g/mol. The fourth-order valence-electron chi connectivity index (χ4n) is 5.27. The van der Waals surface area contributed by atoms with Crippen molar-refractivity contribution < 1.29 is 19.1 Å². The second-order valence-electron chi connectivity index (χ2n) is 9.74. The molecule has 7 heteroatoms. The van der Waals surface area contributed by atoms with Crippen LogP contribution in [0.5, 0.6) is 11.5 Å². The summed E-state index contributed by atoms with van der Waals surface area (Å²) in [7, 11) is 3.22. The Labute approximate surface area is 207 Å². The molecule has 0 N–H and O–H groups in total. The number of aryl methyl sites for hydroxylation is 1. The lowest BCUT2D eigenvalue weighted by Crippen LogP contribution is -2.50. The van der Waals surface area contributed by atoms with Crippen molar-refractivity contribution in [3.05, 3.63) is 59.2 Å². The number of amides is 1. The maximum absolute atomic E-state index is 13.2. The number of likely N-dealkylation sites (tertiary alicyclic amines) is 1. The SMILES string of the molecule is CCc1ccccc1C(=O)N1CCC(N2N=C(c3ccc(OC)c(OC)c3)C(C)(C)C2C=O)CC1. The second-order valence-corrected chi connectivity index (χ2v) is 9.74. The van der Waals surface area contributed by atoms with Gasteiger partial charge in [0, 0.05) is 29.6 Å². The number of methoxy groups -OCH3 is 2. The average Bonchev–Trinajstić information content (AvgIpc) is 3.17. The molecule has 2 aromatic carbocycles. The van der Waals surface area contributed by atoms with Gasteiger partial charge in [0.15, 0.2) is 11.5 Å². The van der Waals surface area contributed by atoms with E-state index in [1.54, 1.807) is 14.2 Å². The molecule has 0 aliphatic carbocycles. The highest BCUT2D eigenvalue weighted by atomic mass is 16.5. The van der Waals surface area contributed by atoms with Gasteiger partial charge in [-0.25, -0.2) is 0 Å². The van der Waals surface area contributed by atoms with Gasteiger partial charge < -0.3 is 19.2 Å². The third-order valence-electron chi connectivity index (χ3n) is 7.39. The minimum atomic E-state index is -0.478. The number of hydrogen-bond acceptors (Lipinski definition) is 6. The number of piperidine rings is 1. The first kappa shape index (κ1) is 24.8. The number of hydrazone groups is 1. The predicted octanol–water partition coefficient (Wildman–Crippen LogP) is 4.18. The van der Waals surface area contributed by atoms with Gasteiger partial charge in [-0.05, 0) is 49.1 Å². The Balaban J connectivity index is 1.54. The molecule has 2 heterocycles. The molecule has 4 rings (SSSR count). The van der Waals surface area contributed by atoms with E-state index in [-0.39, 0.29) is 18.0 Å². The molecular formula is C28H35N3O4. The Morgan fingerprint density at radius 2 is 1.77 bits per heavy atom. The topological polar surface area (TPSA) is 71.4 Å². The van der Waals surface area contributed by atoms with Crippen LogP contribution in [0, 0.1) is 5.41 Å². The van der Waals surface area contributed by atoms with Crippen LogP contribution in [-0.4, -0.2) is 67.2 Å². The molecule has 1 saturated heterocycles. The van der Waals surface area contributed by atoms with Crippen molar-refractivity contribution in [1.82, 2.24) is 9.91 Å². The van der Waals surface area contributed by atoms with Crippen LogP contribution in [0.25, 0.3) is 0 Å². The summed E-state index contributed by atoms with van der Waals surface area (Å²) in [4.78, 5) is 27.4. The van der Waals surface area contributed by atoms with Crippen LogP contribution in [0.15, 0.2) is 47.6 Å². The van der Waals surface area contributed by atoms with Gasteiger partial charge in [-0.15, -0.1) is 0 Å². The molecule has 0 aromatic heterocycles. The first-order valence-electron chi connectivity index (χ1n) is 12.3. The second kappa shape index (κ2) is 10.1. The highest BCUT2D eigenvalue weighted by molar-refractivity contribution is 6.07. The Bertz CT molecular complexity index is 1120. The van der Waals surface area contributed by atoms with Crippen molar-refractivity contribution in [3.8, 4) is 11.5 Å². The van der Waals surface area contributed by atoms with Crippen LogP contribution < -0.4 is 9.47 Å². The van der Waals surface area contributed by atoms with E-state index in [1.165, 1.54) is 0 Å². The Morgan fingerprint density at radius 3 is 2.40 bits per heavy atom. The molecule has 2 aliphatic rings. The summed E-state index contributed by atoms with van der Waals surface area (Å²) in [6.07, 6.45) is 3.37. The van der Waals surface area contributed by atoms with Crippen LogP contribution in [0.1, 0.15) is 55.1 Å². The Hall–Kier alpha value is -3.35. The monoisotopic (exact) mass is 477 g/mol. The van der Waals surface area contributed by atoms with Gasteiger partial charge in [0.1, 0.15) is 12.3 Å². The fourth-order valence-corrected chi connectivity index (χ4v) is 5.27. The van der Waals surface area contributed by atoms with Crippen molar-refractivity contribution in [2.75, 3.05) is 27.3 Å². The van der Waals surface area contributed by atoms with Crippen molar-refractivity contribution >= 4 is 17.9 Å². The van der Waals surface area contributed by atoms with Gasteiger partial charge in [0.2, 0.25) is 0 Å². The number of aldehydes is 1. The molecule has 1 amide bonds. The largest absolute Gasteiger partial charge is 0.493 e. The average molecular weight is 478 g/mol. The molecule has 186 valence electrons. The quantitative estimate of drug-likeness (QED) is 0.560. The summed E-state index contributed by atoms with van der Waals surface area (Å²) in [5.74, 6) is 1.37. The number of carbonyl (C=O) groups is 2. The summed E-state index contributed by atoms with van der Waals surface area (Å²) in [6, 6.07) is 13.3. The van der Waals surface area contributed by atoms with Gasteiger partial charge in [0.05, 0.1) is 26.0 Å². The molecule has 0 saturated carbocycles. The molecule has 0 radical (unpaired) electrons. The molecule has 7 nitrogen and oxygen atoms in total. The van der Waals surface area contributed by atoms with Crippen LogP contribution in [0.2, 0.25) is 0 Å². The van der Waals surface area contributed by atoms with Crippen LogP contribution in [0.4, 0.5) is 0 Å². The van der Waals surface area contributed by atoms with Gasteiger partial charge in [-0.3, -0.25) is 9.80 Å². The number of carbonyl (C=O) groups excluding carboxylic acids is 2. The normalized spacial score (nSPS) is 19.9. The summed E-state index contributed by atoms with van der Waals surface area (Å²) < 4.78 is 10.9. The molecule has 1 atom stereocenters. The molecule has 1 unspecified atom stereocenters. The molecule has 0 spiro atoms. The van der Waals surface area contributed by atoms with Gasteiger partial charge in [-0.1, -0.05) is 39.0 Å². The molecule has 2 aliphatic heterocycles. The number of rotatable bonds is 7. The zero-order valence-electron chi connectivity index (χ0n) is 21.3. The lowest BCUT2D eigenvalue weighted by Gasteiger charge is -2.39. The van der Waals surface area contributed by atoms with Crippen molar-refractivity contribution in [2.45, 2.75) is 52.1 Å². The standard InChI is InChI=1S/C28H35N3O4/c1-6-19-9-7-8-10-22(19)27(33)30-15-13-21(14-16-30)31-25(18-32)28(2,3)26(29-31)20-11-12-23(34-4)24(17-20)35-5/h7-12,17-18,21,25H,6,13-16H2,1-5H3. The maximum Gasteiger partial charge on any atom is 0.254 e. The zero-order chi connectivity index (χ0) is 25.2. The number of nitrogens with zero attached hydrogens (tertiary/aromatic N) is 3. The van der Waals surface area contributed by atoms with E-state index in [4.69, 9.17) is 14.6 Å². The zero-order valence-corrected chi connectivity index (χ0v) is 21.3. The first-order chi connectivity index (χ1) is 16.8. The summed E-state index contributed by atoms with van der Waals surface area (Å²) in [6.45, 7) is 7.47. The van der Waals surface area contributed by atoms with Crippen LogP contribution >= 0.6 is 0 Å². The Kier molecular flexibility index (Phi) is 7.15. The molecule has 1 fully saturated rings. The minimum absolute atomic E-state index is 0.0871. The smallest absolute Gasteiger partial charge is 0.254 e. The number of hydrogen-bond donors (Lipinski definition) is 0. The van der Waals surface area contributed by atoms with Gasteiger partial charge >= 0.3 is 0 Å². The minimum Gasteiger partial charge on any atom is -0.493 e. The third kappa shape index (κ3) is 4.51. The van der Waals surface area contributed by atoms with Gasteiger partial charge in [-0.2, -0.15) is 5.10 Å². The lowest BCUT2D eigenvalue weighted by molar-refractivity contribution is -0.115. The Morgan fingerprint density at radius 1 is 1.09 bits per heavy atom. The van der Waals surface area contributed by atoms with Gasteiger partial charge in [0.25, 0.3) is 5.91 Å². The first-order valence-corrected chi connectivity index (χ1v) is 12.3. The van der Waals surface area contributed by atoms with E-state index < -0.39 is 5.41 Å². The van der Waals surface area contributed by atoms with E-state index in [0.29, 0.717) is 24.6 Å². The van der Waals surface area contributed by atoms with Crippen LogP contribution in [0.3, 0.4) is 0 Å². The van der Waals surface area contributed by atoms with E-state index in [2.05, 4.69) is 20.8 Å². The van der Waals surface area contributed by atoms with Crippen molar-refractivity contribution in [1.29, 1.82) is 0 Å². The van der Waals surface area contributed by atoms with Crippen molar-refractivity contribution in [2.24, 2.45) is 10.5 Å². The predicted molar refractivity (Wildman–Crippen MR) is 136 cm³/mol. The van der Waals surface area contributed by atoms with E-state index in [1.807, 2.05) is 52.4 Å². The van der Waals surface area contributed by atoms with E-state index in [9.17, 15) is 9.59 Å². The summed E-state index contributed by atoms with van der Waals surface area (Å²) in [5.41, 5.74) is 3.15.